The van der Waals surface area contributed by atoms with Gasteiger partial charge in [0.1, 0.15) is 6.33 Å². The van der Waals surface area contributed by atoms with Crippen molar-refractivity contribution in [1.29, 1.82) is 0 Å². The fourth-order valence-corrected chi connectivity index (χ4v) is 1.54. The van der Waals surface area contributed by atoms with Crippen molar-refractivity contribution < 1.29 is 14.2 Å². The van der Waals surface area contributed by atoms with Crippen LogP contribution in [0.15, 0.2) is 6.33 Å². The molecule has 18 heavy (non-hydrogen) atoms. The molecule has 0 radical (unpaired) electrons. The van der Waals surface area contributed by atoms with E-state index < -0.39 is 0 Å². The van der Waals surface area contributed by atoms with E-state index in [0.29, 0.717) is 18.3 Å². The van der Waals surface area contributed by atoms with Crippen LogP contribution in [-0.2, 0) is 11.3 Å². The predicted molar refractivity (Wildman–Crippen MR) is 68.0 cm³/mol. The third-order valence-corrected chi connectivity index (χ3v) is 2.40. The molecule has 0 bridgehead atoms. The van der Waals surface area contributed by atoms with E-state index in [1.165, 1.54) is 6.33 Å². The molecule has 1 heterocycles. The quantitative estimate of drug-likeness (QED) is 0.664. The number of nitrogens with one attached hydrogen (secondary N) is 1. The average Bonchev–Trinajstić information content (AvgIpc) is 2.42. The molecule has 0 fully saturated rings. The Labute approximate surface area is 108 Å². The standard InChI is InChI=1S/C12H21N3O3/c1-4-18-7-5-6-13-8-10-11(16-2)14-9-15-12(10)17-3/h9,13H,4-8H2,1-3H3. The minimum absolute atomic E-state index is 0.541. The summed E-state index contributed by atoms with van der Waals surface area (Å²) in [6, 6.07) is 0. The van der Waals surface area contributed by atoms with Gasteiger partial charge in [0, 0.05) is 19.8 Å². The second-order valence-electron chi connectivity index (χ2n) is 3.60. The van der Waals surface area contributed by atoms with Crippen molar-refractivity contribution >= 4 is 0 Å². The molecule has 0 aliphatic heterocycles. The molecule has 0 spiro atoms. The molecule has 0 aromatic carbocycles. The summed E-state index contributed by atoms with van der Waals surface area (Å²) in [4.78, 5) is 8.11. The molecule has 1 aromatic heterocycles. The number of aromatic nitrogens is 2. The highest BCUT2D eigenvalue weighted by Crippen LogP contribution is 2.22. The summed E-state index contributed by atoms with van der Waals surface area (Å²) in [6.07, 6.45) is 2.39. The zero-order valence-corrected chi connectivity index (χ0v) is 11.2. The number of ether oxygens (including phenoxy) is 3. The van der Waals surface area contributed by atoms with Gasteiger partial charge in [0.25, 0.3) is 0 Å². The van der Waals surface area contributed by atoms with E-state index in [4.69, 9.17) is 14.2 Å². The molecule has 0 unspecified atom stereocenters. The van der Waals surface area contributed by atoms with Gasteiger partial charge in [-0.15, -0.1) is 0 Å². The Hall–Kier alpha value is -1.40. The van der Waals surface area contributed by atoms with E-state index >= 15 is 0 Å². The number of hydrogen-bond donors (Lipinski definition) is 1. The Morgan fingerprint density at radius 3 is 2.39 bits per heavy atom. The van der Waals surface area contributed by atoms with Crippen molar-refractivity contribution in [3.63, 3.8) is 0 Å². The van der Waals surface area contributed by atoms with E-state index in [-0.39, 0.29) is 0 Å². The van der Waals surface area contributed by atoms with Crippen LogP contribution in [0.5, 0.6) is 11.8 Å². The lowest BCUT2D eigenvalue weighted by atomic mass is 10.3. The Balaban J connectivity index is 2.45. The van der Waals surface area contributed by atoms with Crippen LogP contribution in [0.25, 0.3) is 0 Å². The maximum atomic E-state index is 5.26. The maximum Gasteiger partial charge on any atom is 0.224 e. The van der Waals surface area contributed by atoms with Gasteiger partial charge in [-0.05, 0) is 19.9 Å². The van der Waals surface area contributed by atoms with Gasteiger partial charge in [-0.25, -0.2) is 9.97 Å². The van der Waals surface area contributed by atoms with E-state index in [9.17, 15) is 0 Å². The van der Waals surface area contributed by atoms with Gasteiger partial charge < -0.3 is 19.5 Å². The molecular formula is C12H21N3O3. The van der Waals surface area contributed by atoms with E-state index in [0.717, 1.165) is 31.7 Å². The SMILES string of the molecule is CCOCCCNCc1c(OC)ncnc1OC. The summed E-state index contributed by atoms with van der Waals surface area (Å²) in [5.41, 5.74) is 0.832. The van der Waals surface area contributed by atoms with Gasteiger partial charge in [0.15, 0.2) is 0 Å². The van der Waals surface area contributed by atoms with Crippen molar-refractivity contribution in [2.75, 3.05) is 34.0 Å². The van der Waals surface area contributed by atoms with E-state index in [2.05, 4.69) is 15.3 Å². The highest BCUT2D eigenvalue weighted by atomic mass is 16.5. The van der Waals surface area contributed by atoms with Crippen LogP contribution in [-0.4, -0.2) is 43.9 Å². The number of hydrogen-bond acceptors (Lipinski definition) is 6. The maximum absolute atomic E-state index is 5.26. The van der Waals surface area contributed by atoms with Crippen molar-refractivity contribution in [3.8, 4) is 11.8 Å². The highest BCUT2D eigenvalue weighted by molar-refractivity contribution is 5.34. The van der Waals surface area contributed by atoms with Crippen LogP contribution >= 0.6 is 0 Å². The third-order valence-electron chi connectivity index (χ3n) is 2.40. The van der Waals surface area contributed by atoms with Crippen molar-refractivity contribution in [1.82, 2.24) is 15.3 Å². The number of nitrogens with zero attached hydrogens (tertiary/aromatic N) is 2. The lowest BCUT2D eigenvalue weighted by Gasteiger charge is -2.11. The fourth-order valence-electron chi connectivity index (χ4n) is 1.54. The lowest BCUT2D eigenvalue weighted by Crippen LogP contribution is -2.18. The van der Waals surface area contributed by atoms with Crippen LogP contribution in [0.2, 0.25) is 0 Å². The molecule has 0 aliphatic carbocycles. The number of rotatable bonds is 9. The first-order valence-corrected chi connectivity index (χ1v) is 6.03. The van der Waals surface area contributed by atoms with Crippen LogP contribution in [0.1, 0.15) is 18.9 Å². The third kappa shape index (κ3) is 4.46. The second-order valence-corrected chi connectivity index (χ2v) is 3.60. The van der Waals surface area contributed by atoms with Crippen LogP contribution < -0.4 is 14.8 Å². The molecule has 102 valence electrons. The first-order valence-electron chi connectivity index (χ1n) is 6.03. The summed E-state index contributed by atoms with van der Waals surface area (Å²) >= 11 is 0. The zero-order chi connectivity index (χ0) is 13.2. The smallest absolute Gasteiger partial charge is 0.224 e. The molecule has 0 saturated carbocycles. The second kappa shape index (κ2) is 8.66. The van der Waals surface area contributed by atoms with Gasteiger partial charge in [0.2, 0.25) is 11.8 Å². The summed E-state index contributed by atoms with van der Waals surface area (Å²) in [7, 11) is 3.17. The minimum atomic E-state index is 0.541. The van der Waals surface area contributed by atoms with Gasteiger partial charge in [-0.1, -0.05) is 0 Å². The van der Waals surface area contributed by atoms with Crippen molar-refractivity contribution in [2.24, 2.45) is 0 Å². The Morgan fingerprint density at radius 2 is 1.83 bits per heavy atom. The summed E-state index contributed by atoms with van der Waals surface area (Å²) in [5.74, 6) is 1.08. The Bertz CT molecular complexity index is 325. The number of methoxy groups -OCH3 is 2. The molecule has 0 atom stereocenters. The van der Waals surface area contributed by atoms with E-state index in [1.54, 1.807) is 14.2 Å². The van der Waals surface area contributed by atoms with Gasteiger partial charge in [0.05, 0.1) is 19.8 Å². The monoisotopic (exact) mass is 255 g/mol. The fraction of sp³-hybridized carbons (Fsp3) is 0.667. The molecule has 6 heteroatoms. The normalized spacial score (nSPS) is 10.4. The van der Waals surface area contributed by atoms with E-state index in [1.807, 2.05) is 6.92 Å². The van der Waals surface area contributed by atoms with Crippen molar-refractivity contribution in [2.45, 2.75) is 19.9 Å². The predicted octanol–water partition coefficient (Wildman–Crippen LogP) is 1.01. The molecule has 1 aromatic rings. The van der Waals surface area contributed by atoms with Crippen LogP contribution in [0.3, 0.4) is 0 Å². The molecule has 0 aliphatic rings. The molecule has 0 saturated heterocycles. The zero-order valence-electron chi connectivity index (χ0n) is 11.2. The first-order chi connectivity index (χ1) is 8.83. The van der Waals surface area contributed by atoms with Crippen LogP contribution in [0.4, 0.5) is 0 Å². The topological polar surface area (TPSA) is 65.5 Å². The first kappa shape index (κ1) is 14.7. The van der Waals surface area contributed by atoms with Crippen molar-refractivity contribution in [3.05, 3.63) is 11.9 Å². The van der Waals surface area contributed by atoms with Crippen LogP contribution in [0, 0.1) is 0 Å². The Kier molecular flexibility index (Phi) is 7.05. The highest BCUT2D eigenvalue weighted by Gasteiger charge is 2.11. The summed E-state index contributed by atoms with van der Waals surface area (Å²) in [6.45, 7) is 4.99. The summed E-state index contributed by atoms with van der Waals surface area (Å²) in [5, 5.41) is 3.29. The summed E-state index contributed by atoms with van der Waals surface area (Å²) < 4.78 is 15.6. The molecule has 0 amide bonds. The molecule has 1 N–H and O–H groups in total. The average molecular weight is 255 g/mol. The molecule has 6 nitrogen and oxygen atoms in total. The minimum Gasteiger partial charge on any atom is -0.481 e. The molecular weight excluding hydrogens is 234 g/mol. The van der Waals surface area contributed by atoms with Gasteiger partial charge >= 0.3 is 0 Å². The largest absolute Gasteiger partial charge is 0.481 e. The van der Waals surface area contributed by atoms with Gasteiger partial charge in [-0.3, -0.25) is 0 Å². The molecule has 1 rings (SSSR count). The Morgan fingerprint density at radius 1 is 1.17 bits per heavy atom. The van der Waals surface area contributed by atoms with Gasteiger partial charge in [-0.2, -0.15) is 0 Å². The lowest BCUT2D eigenvalue weighted by molar-refractivity contribution is 0.144.